The average molecular weight is 305 g/mol. The van der Waals surface area contributed by atoms with Crippen molar-refractivity contribution in [2.45, 2.75) is 11.5 Å². The molecule has 0 unspecified atom stereocenters. The molecule has 1 heterocycles. The lowest BCUT2D eigenvalue weighted by Gasteiger charge is -2.10. The van der Waals surface area contributed by atoms with Gasteiger partial charge >= 0.3 is 0 Å². The highest BCUT2D eigenvalue weighted by molar-refractivity contribution is 7.89. The number of hydrogen-bond acceptors (Lipinski definition) is 6. The molecular formula is C13H11N3O4S. The van der Waals surface area contributed by atoms with E-state index in [2.05, 4.69) is 14.7 Å². The first-order valence-electron chi connectivity index (χ1n) is 5.98. The molecule has 7 nitrogen and oxygen atoms in total. The minimum absolute atomic E-state index is 0.0602. The fraction of sp³-hybridized carbons (Fsp3) is 0.0769. The second-order valence-electron chi connectivity index (χ2n) is 4.29. The Bertz CT molecular complexity index is 876. The molecule has 8 heteroatoms. The Labute approximate surface area is 120 Å². The Morgan fingerprint density at radius 2 is 1.90 bits per heavy atom. The number of benzene rings is 2. The average Bonchev–Trinajstić information content (AvgIpc) is 2.96. The van der Waals surface area contributed by atoms with Crippen molar-refractivity contribution in [1.29, 1.82) is 0 Å². The van der Waals surface area contributed by atoms with E-state index in [0.29, 0.717) is 22.3 Å². The number of nitrogens with two attached hydrogens (primary N) is 1. The van der Waals surface area contributed by atoms with Gasteiger partial charge < -0.3 is 9.26 Å². The molecule has 0 bridgehead atoms. The lowest BCUT2D eigenvalue weighted by atomic mass is 10.1. The maximum absolute atomic E-state index is 11.6. The van der Waals surface area contributed by atoms with Crippen LogP contribution >= 0.6 is 0 Å². The topological polar surface area (TPSA) is 108 Å². The Morgan fingerprint density at radius 3 is 2.57 bits per heavy atom. The van der Waals surface area contributed by atoms with Gasteiger partial charge in [0, 0.05) is 10.8 Å². The van der Waals surface area contributed by atoms with Gasteiger partial charge in [-0.05, 0) is 12.1 Å². The first-order chi connectivity index (χ1) is 10.1. The number of sulfonamides is 1. The number of ether oxygens (including phenoxy) is 1. The molecule has 0 amide bonds. The second kappa shape index (κ2) is 5.15. The van der Waals surface area contributed by atoms with Crippen LogP contribution in [0.1, 0.15) is 5.82 Å². The molecule has 0 saturated carbocycles. The predicted molar refractivity (Wildman–Crippen MR) is 74.0 cm³/mol. The third-order valence-electron chi connectivity index (χ3n) is 2.91. The molecule has 0 saturated heterocycles. The third kappa shape index (κ3) is 2.71. The van der Waals surface area contributed by atoms with E-state index in [0.717, 1.165) is 0 Å². The molecule has 108 valence electrons. The lowest BCUT2D eigenvalue weighted by Crippen LogP contribution is -2.12. The van der Waals surface area contributed by atoms with Gasteiger partial charge in [-0.15, -0.1) is 0 Å². The van der Waals surface area contributed by atoms with Crippen molar-refractivity contribution in [2.75, 3.05) is 0 Å². The van der Waals surface area contributed by atoms with Crippen LogP contribution in [0.4, 0.5) is 0 Å². The van der Waals surface area contributed by atoms with Gasteiger partial charge in [0.05, 0.1) is 4.90 Å². The number of nitrogens with zero attached hydrogens (tertiary/aromatic N) is 2. The van der Waals surface area contributed by atoms with Crippen molar-refractivity contribution in [3.8, 4) is 5.75 Å². The summed E-state index contributed by atoms with van der Waals surface area (Å²) in [6.07, 6.45) is 1.21. The SMILES string of the molecule is NS(=O)(=O)c1ccc(OCc2ncon2)c2ccccc12. The van der Waals surface area contributed by atoms with Crippen LogP contribution < -0.4 is 9.88 Å². The number of aromatic nitrogens is 2. The van der Waals surface area contributed by atoms with Gasteiger partial charge in [-0.25, -0.2) is 13.6 Å². The van der Waals surface area contributed by atoms with Crippen LogP contribution in [0.2, 0.25) is 0 Å². The smallest absolute Gasteiger partial charge is 0.238 e. The van der Waals surface area contributed by atoms with E-state index in [1.807, 2.05) is 0 Å². The first kappa shape index (κ1) is 13.5. The number of fused-ring (bicyclic) bond motifs is 1. The van der Waals surface area contributed by atoms with Crippen molar-refractivity contribution in [2.24, 2.45) is 5.14 Å². The van der Waals surface area contributed by atoms with E-state index < -0.39 is 10.0 Å². The molecule has 0 radical (unpaired) electrons. The summed E-state index contributed by atoms with van der Waals surface area (Å²) in [6.45, 7) is 0.120. The van der Waals surface area contributed by atoms with Crippen molar-refractivity contribution in [1.82, 2.24) is 10.1 Å². The quantitative estimate of drug-likeness (QED) is 0.781. The minimum atomic E-state index is -3.80. The fourth-order valence-corrected chi connectivity index (χ4v) is 2.76. The Hall–Kier alpha value is -2.45. The molecule has 2 N–H and O–H groups in total. The second-order valence-corrected chi connectivity index (χ2v) is 5.82. The zero-order valence-electron chi connectivity index (χ0n) is 10.8. The highest BCUT2D eigenvalue weighted by Crippen LogP contribution is 2.30. The van der Waals surface area contributed by atoms with E-state index >= 15 is 0 Å². The van der Waals surface area contributed by atoms with Gasteiger partial charge in [0.25, 0.3) is 0 Å². The zero-order valence-corrected chi connectivity index (χ0v) is 11.6. The van der Waals surface area contributed by atoms with Crippen molar-refractivity contribution >= 4 is 20.8 Å². The summed E-state index contributed by atoms with van der Waals surface area (Å²) in [6, 6.07) is 9.94. The Balaban J connectivity index is 2.05. The summed E-state index contributed by atoms with van der Waals surface area (Å²) >= 11 is 0. The van der Waals surface area contributed by atoms with Crippen molar-refractivity contribution < 1.29 is 17.7 Å². The van der Waals surface area contributed by atoms with Crippen molar-refractivity contribution in [3.63, 3.8) is 0 Å². The summed E-state index contributed by atoms with van der Waals surface area (Å²) in [5.41, 5.74) is 0. The van der Waals surface area contributed by atoms with E-state index in [9.17, 15) is 8.42 Å². The van der Waals surface area contributed by atoms with Crippen LogP contribution in [-0.4, -0.2) is 18.6 Å². The normalized spacial score (nSPS) is 11.7. The van der Waals surface area contributed by atoms with Crippen LogP contribution in [-0.2, 0) is 16.6 Å². The van der Waals surface area contributed by atoms with Crippen molar-refractivity contribution in [3.05, 3.63) is 48.6 Å². The maximum Gasteiger partial charge on any atom is 0.238 e. The van der Waals surface area contributed by atoms with E-state index in [1.165, 1.54) is 12.5 Å². The van der Waals surface area contributed by atoms with Gasteiger partial charge in [-0.3, -0.25) is 0 Å². The van der Waals surface area contributed by atoms with Crippen LogP contribution in [0.3, 0.4) is 0 Å². The molecule has 2 aromatic carbocycles. The van der Waals surface area contributed by atoms with Gasteiger partial charge in [0.2, 0.25) is 22.2 Å². The minimum Gasteiger partial charge on any atom is -0.485 e. The zero-order chi connectivity index (χ0) is 14.9. The van der Waals surface area contributed by atoms with Gasteiger partial charge in [-0.2, -0.15) is 4.98 Å². The largest absolute Gasteiger partial charge is 0.485 e. The predicted octanol–water partition coefficient (Wildman–Crippen LogP) is 1.45. The highest BCUT2D eigenvalue weighted by Gasteiger charge is 2.15. The van der Waals surface area contributed by atoms with E-state index in [-0.39, 0.29) is 11.5 Å². The van der Waals surface area contributed by atoms with Crippen LogP contribution in [0.25, 0.3) is 10.8 Å². The molecule has 21 heavy (non-hydrogen) atoms. The molecule has 0 aliphatic rings. The molecule has 0 fully saturated rings. The van der Waals surface area contributed by atoms with E-state index in [4.69, 9.17) is 9.88 Å². The first-order valence-corrected chi connectivity index (χ1v) is 7.53. The maximum atomic E-state index is 11.6. The number of hydrogen-bond donors (Lipinski definition) is 1. The van der Waals surface area contributed by atoms with Gasteiger partial charge in [-0.1, -0.05) is 29.4 Å². The van der Waals surface area contributed by atoms with Crippen LogP contribution in [0.15, 0.2) is 52.2 Å². The number of rotatable bonds is 4. The molecule has 3 rings (SSSR count). The van der Waals surface area contributed by atoms with Crippen LogP contribution in [0.5, 0.6) is 5.75 Å². The van der Waals surface area contributed by atoms with Gasteiger partial charge in [0.1, 0.15) is 5.75 Å². The summed E-state index contributed by atoms with van der Waals surface area (Å²) in [5.74, 6) is 0.914. The monoisotopic (exact) mass is 305 g/mol. The number of primary sulfonamides is 1. The Morgan fingerprint density at radius 1 is 1.14 bits per heavy atom. The molecule has 0 spiro atoms. The van der Waals surface area contributed by atoms with E-state index in [1.54, 1.807) is 30.3 Å². The lowest BCUT2D eigenvalue weighted by molar-refractivity contribution is 0.289. The molecule has 0 aliphatic heterocycles. The molecule has 3 aromatic rings. The summed E-state index contributed by atoms with van der Waals surface area (Å²) < 4.78 is 33.4. The molecule has 0 atom stereocenters. The molecular weight excluding hydrogens is 294 g/mol. The highest BCUT2D eigenvalue weighted by atomic mass is 32.2. The summed E-state index contributed by atoms with van der Waals surface area (Å²) in [5, 5.41) is 10.0. The molecule has 0 aliphatic carbocycles. The third-order valence-corrected chi connectivity index (χ3v) is 3.88. The summed E-state index contributed by atoms with van der Waals surface area (Å²) in [7, 11) is -3.80. The van der Waals surface area contributed by atoms with Crippen LogP contribution in [0, 0.1) is 0 Å². The Kier molecular flexibility index (Phi) is 3.32. The standard InChI is InChI=1S/C13H11N3O4S/c14-21(17,18)12-6-5-11(9-3-1-2-4-10(9)12)19-7-13-15-8-20-16-13/h1-6,8H,7H2,(H2,14,17,18). The fourth-order valence-electron chi connectivity index (χ4n) is 2.02. The summed E-state index contributed by atoms with van der Waals surface area (Å²) in [4.78, 5) is 3.91. The van der Waals surface area contributed by atoms with Gasteiger partial charge in [0.15, 0.2) is 6.61 Å². The molecule has 1 aromatic heterocycles.